The fourth-order valence-corrected chi connectivity index (χ4v) is 11.9. The lowest BCUT2D eigenvalue weighted by Gasteiger charge is -2.49. The van der Waals surface area contributed by atoms with E-state index in [1.54, 1.807) is 72.5 Å². The average molecular weight is 894 g/mol. The van der Waals surface area contributed by atoms with Crippen LogP contribution < -0.4 is 19.4 Å². The van der Waals surface area contributed by atoms with Gasteiger partial charge in [-0.25, -0.2) is 4.90 Å². The van der Waals surface area contributed by atoms with E-state index in [4.69, 9.17) is 21.4 Å². The summed E-state index contributed by atoms with van der Waals surface area (Å²) in [5.41, 5.74) is 3.92. The maximum absolute atomic E-state index is 15.3. The monoisotopic (exact) mass is 893 g/mol. The highest BCUT2D eigenvalue weighted by molar-refractivity contribution is 7.22. The maximum atomic E-state index is 15.3. The summed E-state index contributed by atoms with van der Waals surface area (Å²) in [5.74, 6) is -4.97. The second kappa shape index (κ2) is 15.3. The number of rotatable bonds is 8. The number of thiophene rings is 1. The number of phenols is 1. The molecule has 4 aliphatic rings. The Morgan fingerprint density at radius 3 is 2.28 bits per heavy atom. The van der Waals surface area contributed by atoms with Crippen LogP contribution in [-0.2, 0) is 26.2 Å². The summed E-state index contributed by atoms with van der Waals surface area (Å²) in [7, 11) is 7.12. The Kier molecular flexibility index (Phi) is 9.87. The first kappa shape index (κ1) is 41.4. The number of azo groups is 1. The first-order valence-corrected chi connectivity index (χ1v) is 22.2. The third-order valence-corrected chi connectivity index (χ3v) is 15.3. The molecule has 4 aromatic carbocycles. The van der Waals surface area contributed by atoms with E-state index in [0.717, 1.165) is 31.8 Å². The summed E-state index contributed by atoms with van der Waals surface area (Å²) in [4.78, 5) is 64.9. The Hall–Kier alpha value is -6.64. The van der Waals surface area contributed by atoms with Crippen LogP contribution in [0.15, 0.2) is 113 Å². The van der Waals surface area contributed by atoms with E-state index in [0.29, 0.717) is 44.9 Å². The van der Waals surface area contributed by atoms with Gasteiger partial charge >= 0.3 is 0 Å². The van der Waals surface area contributed by atoms with Crippen LogP contribution in [0.5, 0.6) is 11.5 Å². The number of carbonyl (C=O) groups is 4. The summed E-state index contributed by atoms with van der Waals surface area (Å²) < 4.78 is 8.42. The normalized spacial score (nSPS) is 24.1. The van der Waals surface area contributed by atoms with Crippen molar-refractivity contribution in [3.63, 3.8) is 0 Å². The molecule has 6 aromatic rings. The standard InChI is InChI=1S/C49H44ClN7O6S/c1-25-33-22-26(50)10-21-39(33)64-44(25)36-24-40(55(5)53-36)57-46(60)35-23-34-31(43(49(35,2)48(57)62)42-37(58)8-7-9-38(42)63-6)19-20-32-41(34)47(61)56(45(32)59)30-17-13-28(14-18-30)52-51-27-11-15-29(16-12-27)54(3)4/h7-19,21-22,24,32,34-35,41,43,58H,20,23H2,1-6H3. The molecule has 0 radical (unpaired) electrons. The molecule has 4 amide bonds. The first-order valence-electron chi connectivity index (χ1n) is 21.1. The molecule has 2 saturated heterocycles. The van der Waals surface area contributed by atoms with Crippen molar-refractivity contribution in [1.29, 1.82) is 0 Å². The van der Waals surface area contributed by atoms with E-state index in [2.05, 4.69) is 10.2 Å². The minimum atomic E-state index is -1.42. The second-order valence-corrected chi connectivity index (χ2v) is 18.9. The minimum absolute atomic E-state index is 0.104. The van der Waals surface area contributed by atoms with Crippen LogP contribution >= 0.6 is 22.9 Å². The molecule has 324 valence electrons. The Morgan fingerprint density at radius 2 is 1.59 bits per heavy atom. The molecule has 0 bridgehead atoms. The lowest BCUT2D eigenvalue weighted by atomic mass is 9.51. The lowest BCUT2D eigenvalue weighted by molar-refractivity contribution is -0.131. The van der Waals surface area contributed by atoms with E-state index in [-0.39, 0.29) is 30.4 Å². The van der Waals surface area contributed by atoms with Crippen molar-refractivity contribution in [1.82, 2.24) is 9.78 Å². The third-order valence-electron chi connectivity index (χ3n) is 13.8. The SMILES string of the molecule is COc1cccc(O)c1C1C2=CCC3C(=O)N(c4ccc(N=Nc5ccc(N(C)C)cc5)cc4)C(=O)C3C2CC2C(=O)N(c3cc(-c4sc5ccc(Cl)cc5c4C)nn3C)C(=O)C21C. The van der Waals surface area contributed by atoms with Gasteiger partial charge in [-0.2, -0.15) is 15.3 Å². The summed E-state index contributed by atoms with van der Waals surface area (Å²) in [6, 6.07) is 26.9. The van der Waals surface area contributed by atoms with Gasteiger partial charge in [0.2, 0.25) is 23.6 Å². The zero-order valence-corrected chi connectivity index (χ0v) is 37.5. The molecule has 4 heterocycles. The Balaban J connectivity index is 1.00. The van der Waals surface area contributed by atoms with E-state index < -0.39 is 46.8 Å². The van der Waals surface area contributed by atoms with E-state index in [1.165, 1.54) is 23.0 Å². The van der Waals surface area contributed by atoms with Gasteiger partial charge in [0, 0.05) is 54.1 Å². The number of allylic oxidation sites excluding steroid dienone is 2. The number of aromatic hydroxyl groups is 1. The van der Waals surface area contributed by atoms with Gasteiger partial charge in [-0.05, 0) is 122 Å². The van der Waals surface area contributed by atoms with Crippen molar-refractivity contribution in [3.8, 4) is 22.1 Å². The molecule has 6 unspecified atom stereocenters. The number of imide groups is 2. The molecular weight excluding hydrogens is 850 g/mol. The van der Waals surface area contributed by atoms with Crippen LogP contribution in [0.25, 0.3) is 20.7 Å². The molecule has 15 heteroatoms. The van der Waals surface area contributed by atoms with Gasteiger partial charge in [0.15, 0.2) is 0 Å². The van der Waals surface area contributed by atoms with Gasteiger partial charge < -0.3 is 14.7 Å². The van der Waals surface area contributed by atoms with E-state index in [9.17, 15) is 14.7 Å². The van der Waals surface area contributed by atoms with Gasteiger partial charge in [-0.15, -0.1) is 11.3 Å². The Bertz CT molecular complexity index is 3010. The predicted molar refractivity (Wildman–Crippen MR) is 247 cm³/mol. The lowest BCUT2D eigenvalue weighted by Crippen LogP contribution is -2.49. The number of ether oxygens (including phenoxy) is 1. The van der Waals surface area contributed by atoms with Gasteiger partial charge in [0.25, 0.3) is 0 Å². The number of benzene rings is 4. The number of methoxy groups -OCH3 is 1. The number of fused-ring (bicyclic) bond motifs is 5. The molecule has 0 spiro atoms. The zero-order valence-electron chi connectivity index (χ0n) is 35.9. The molecule has 3 fully saturated rings. The van der Waals surface area contributed by atoms with E-state index >= 15 is 9.59 Å². The van der Waals surface area contributed by atoms with Crippen molar-refractivity contribution in [2.75, 3.05) is 35.9 Å². The van der Waals surface area contributed by atoms with Gasteiger partial charge in [-0.1, -0.05) is 29.3 Å². The molecule has 2 aliphatic heterocycles. The largest absolute Gasteiger partial charge is 0.508 e. The van der Waals surface area contributed by atoms with Crippen molar-refractivity contribution in [2.24, 2.45) is 46.4 Å². The first-order chi connectivity index (χ1) is 30.7. The number of aromatic nitrogens is 2. The van der Waals surface area contributed by atoms with Crippen LogP contribution in [0.1, 0.15) is 36.8 Å². The van der Waals surface area contributed by atoms with Crippen molar-refractivity contribution < 1.29 is 29.0 Å². The maximum Gasteiger partial charge on any atom is 0.242 e. The van der Waals surface area contributed by atoms with Gasteiger partial charge in [-0.3, -0.25) is 28.8 Å². The minimum Gasteiger partial charge on any atom is -0.508 e. The van der Waals surface area contributed by atoms with Crippen LogP contribution in [0.3, 0.4) is 0 Å². The number of phenolic OH excluding ortho intramolecular Hbond substituents is 1. The van der Waals surface area contributed by atoms with Crippen molar-refractivity contribution >= 4 is 85.2 Å². The number of amides is 4. The summed E-state index contributed by atoms with van der Waals surface area (Å²) in [5, 5.41) is 26.8. The van der Waals surface area contributed by atoms with Gasteiger partial charge in [0.1, 0.15) is 23.0 Å². The molecule has 10 rings (SSSR count). The number of nitrogens with zero attached hydrogens (tertiary/aromatic N) is 7. The Labute approximate surface area is 378 Å². The fourth-order valence-electron chi connectivity index (χ4n) is 10.6. The molecule has 2 aromatic heterocycles. The number of anilines is 3. The highest BCUT2D eigenvalue weighted by Crippen LogP contribution is 2.65. The van der Waals surface area contributed by atoms with Crippen LogP contribution in [0.2, 0.25) is 5.02 Å². The van der Waals surface area contributed by atoms with Crippen LogP contribution in [0.4, 0.5) is 28.6 Å². The molecule has 2 aliphatic carbocycles. The predicted octanol–water partition coefficient (Wildman–Crippen LogP) is 9.89. The molecular formula is C49H44ClN7O6S. The van der Waals surface area contributed by atoms with Crippen molar-refractivity contribution in [3.05, 3.63) is 119 Å². The smallest absolute Gasteiger partial charge is 0.242 e. The molecule has 6 atom stereocenters. The Morgan fingerprint density at radius 1 is 0.891 bits per heavy atom. The highest BCUT2D eigenvalue weighted by Gasteiger charge is 2.68. The van der Waals surface area contributed by atoms with Crippen LogP contribution in [0, 0.1) is 36.0 Å². The summed E-state index contributed by atoms with van der Waals surface area (Å²) >= 11 is 7.90. The molecule has 1 N–H and O–H groups in total. The number of aryl methyl sites for hydroxylation is 2. The van der Waals surface area contributed by atoms with Crippen LogP contribution in [-0.4, -0.2) is 59.7 Å². The summed E-state index contributed by atoms with van der Waals surface area (Å²) in [6.07, 6.45) is 2.33. The number of carbonyl (C=O) groups excluding carboxylic acids is 4. The van der Waals surface area contributed by atoms with Crippen molar-refractivity contribution in [2.45, 2.75) is 32.6 Å². The topological polar surface area (TPSA) is 150 Å². The van der Waals surface area contributed by atoms with Gasteiger partial charge in [0.05, 0.1) is 52.2 Å². The van der Waals surface area contributed by atoms with E-state index in [1.807, 2.05) is 74.5 Å². The summed E-state index contributed by atoms with van der Waals surface area (Å²) in [6.45, 7) is 3.78. The number of hydrogen-bond donors (Lipinski definition) is 1. The second-order valence-electron chi connectivity index (χ2n) is 17.4. The third kappa shape index (κ3) is 6.21. The molecule has 13 nitrogen and oxygen atoms in total. The average Bonchev–Trinajstić information content (AvgIpc) is 3.96. The fraction of sp³-hybridized carbons (Fsp3) is 0.286. The molecule has 1 saturated carbocycles. The molecule has 64 heavy (non-hydrogen) atoms. The number of hydrogen-bond acceptors (Lipinski definition) is 11. The number of halogens is 1. The quantitative estimate of drug-likeness (QED) is 0.0902. The highest BCUT2D eigenvalue weighted by atomic mass is 35.5. The zero-order chi connectivity index (χ0) is 44.9.